The molecule has 1 aromatic carbocycles. The van der Waals surface area contributed by atoms with E-state index in [4.69, 9.17) is 0 Å². The van der Waals surface area contributed by atoms with Gasteiger partial charge in [-0.15, -0.1) is 0 Å². The summed E-state index contributed by atoms with van der Waals surface area (Å²) in [4.78, 5) is 4.13. The van der Waals surface area contributed by atoms with Gasteiger partial charge in [0.05, 0.1) is 0 Å². The lowest BCUT2D eigenvalue weighted by Gasteiger charge is -2.06. The molecule has 0 radical (unpaired) electrons. The van der Waals surface area contributed by atoms with Crippen LogP contribution in [0.3, 0.4) is 0 Å². The van der Waals surface area contributed by atoms with Crippen molar-refractivity contribution in [2.75, 3.05) is 7.05 Å². The lowest BCUT2D eigenvalue weighted by molar-refractivity contribution is 0.601. The molecule has 3 heteroatoms. The molecule has 0 saturated heterocycles. The molecule has 88 valence electrons. The zero-order chi connectivity index (χ0) is 12.3. The van der Waals surface area contributed by atoms with Crippen molar-refractivity contribution in [2.45, 2.75) is 13.5 Å². The number of aromatic nitrogens is 1. The van der Waals surface area contributed by atoms with E-state index in [1.54, 1.807) is 19.3 Å². The third-order valence-corrected chi connectivity index (χ3v) is 2.65. The van der Waals surface area contributed by atoms with E-state index >= 15 is 0 Å². The van der Waals surface area contributed by atoms with Crippen LogP contribution in [0, 0.1) is 12.7 Å². The van der Waals surface area contributed by atoms with E-state index in [-0.39, 0.29) is 5.82 Å². The molecule has 0 fully saturated rings. The summed E-state index contributed by atoms with van der Waals surface area (Å²) in [5.41, 5.74) is 3.49. The predicted molar refractivity (Wildman–Crippen MR) is 67.1 cm³/mol. The average Bonchev–Trinajstić information content (AvgIpc) is 2.32. The molecule has 0 aliphatic heterocycles. The number of nitrogens with one attached hydrogen (secondary N) is 1. The van der Waals surface area contributed by atoms with Gasteiger partial charge in [-0.05, 0) is 43.3 Å². The zero-order valence-electron chi connectivity index (χ0n) is 10.00. The molecule has 1 N–H and O–H groups in total. The molecule has 0 atom stereocenters. The van der Waals surface area contributed by atoms with Gasteiger partial charge in [-0.1, -0.05) is 12.1 Å². The molecule has 0 amide bonds. The van der Waals surface area contributed by atoms with Crippen molar-refractivity contribution in [3.05, 3.63) is 53.6 Å². The molecule has 2 aromatic rings. The predicted octanol–water partition coefficient (Wildman–Crippen LogP) is 2.92. The number of aryl methyl sites for hydroxylation is 1. The minimum Gasteiger partial charge on any atom is -0.316 e. The minimum absolute atomic E-state index is 0.175. The van der Waals surface area contributed by atoms with E-state index < -0.39 is 0 Å². The van der Waals surface area contributed by atoms with Gasteiger partial charge in [0.2, 0.25) is 0 Å². The molecule has 0 saturated carbocycles. The number of benzene rings is 1. The van der Waals surface area contributed by atoms with Crippen molar-refractivity contribution in [3.8, 4) is 11.1 Å². The highest BCUT2D eigenvalue weighted by Crippen LogP contribution is 2.22. The quantitative estimate of drug-likeness (QED) is 0.877. The second-order valence-electron chi connectivity index (χ2n) is 4.02. The van der Waals surface area contributed by atoms with Gasteiger partial charge in [-0.2, -0.15) is 0 Å². The second kappa shape index (κ2) is 5.06. The van der Waals surface area contributed by atoms with Gasteiger partial charge >= 0.3 is 0 Å². The largest absolute Gasteiger partial charge is 0.316 e. The third kappa shape index (κ3) is 2.68. The van der Waals surface area contributed by atoms with Crippen LogP contribution in [-0.4, -0.2) is 12.0 Å². The summed E-state index contributed by atoms with van der Waals surface area (Å²) in [5, 5.41) is 2.94. The van der Waals surface area contributed by atoms with Gasteiger partial charge < -0.3 is 5.32 Å². The van der Waals surface area contributed by atoms with Crippen LogP contribution in [-0.2, 0) is 6.54 Å². The third-order valence-electron chi connectivity index (χ3n) is 2.65. The van der Waals surface area contributed by atoms with Crippen molar-refractivity contribution in [1.29, 1.82) is 0 Å². The molecule has 1 heterocycles. The number of halogens is 1. The maximum Gasteiger partial charge on any atom is 0.128 e. The molecule has 2 rings (SSSR count). The van der Waals surface area contributed by atoms with Gasteiger partial charge in [-0.25, -0.2) is 4.39 Å². The number of pyridine rings is 1. The summed E-state index contributed by atoms with van der Waals surface area (Å²) in [6.45, 7) is 2.47. The molecular formula is C14H15FN2. The smallest absolute Gasteiger partial charge is 0.128 e. The second-order valence-corrected chi connectivity index (χ2v) is 4.02. The molecule has 0 aliphatic rings. The van der Waals surface area contributed by atoms with Crippen molar-refractivity contribution in [1.82, 2.24) is 10.3 Å². The lowest BCUT2D eigenvalue weighted by atomic mass is 10.0. The van der Waals surface area contributed by atoms with E-state index in [1.807, 2.05) is 31.2 Å². The Morgan fingerprint density at radius 2 is 1.94 bits per heavy atom. The molecule has 0 spiro atoms. The van der Waals surface area contributed by atoms with E-state index in [0.29, 0.717) is 12.1 Å². The first kappa shape index (κ1) is 11.7. The average molecular weight is 230 g/mol. The number of nitrogens with zero attached hydrogens (tertiary/aromatic N) is 1. The van der Waals surface area contributed by atoms with Crippen LogP contribution in [0.1, 0.15) is 11.3 Å². The van der Waals surface area contributed by atoms with Crippen molar-refractivity contribution in [2.24, 2.45) is 0 Å². The Bertz CT molecular complexity index is 523. The van der Waals surface area contributed by atoms with Crippen LogP contribution in [0.5, 0.6) is 0 Å². The molecule has 1 aromatic heterocycles. The Hall–Kier alpha value is -1.74. The summed E-state index contributed by atoms with van der Waals surface area (Å²) in [7, 11) is 1.81. The van der Waals surface area contributed by atoms with Gasteiger partial charge in [0.1, 0.15) is 5.82 Å². The lowest BCUT2D eigenvalue weighted by Crippen LogP contribution is -2.06. The highest BCUT2D eigenvalue weighted by atomic mass is 19.1. The summed E-state index contributed by atoms with van der Waals surface area (Å²) in [5.74, 6) is -0.175. The summed E-state index contributed by atoms with van der Waals surface area (Å²) < 4.78 is 13.8. The Morgan fingerprint density at radius 1 is 1.18 bits per heavy atom. The topological polar surface area (TPSA) is 24.9 Å². The first-order chi connectivity index (χ1) is 8.20. The Morgan fingerprint density at radius 3 is 2.59 bits per heavy atom. The van der Waals surface area contributed by atoms with E-state index in [0.717, 1.165) is 16.8 Å². The van der Waals surface area contributed by atoms with Crippen LogP contribution in [0.4, 0.5) is 4.39 Å². The zero-order valence-corrected chi connectivity index (χ0v) is 10.00. The van der Waals surface area contributed by atoms with Crippen LogP contribution >= 0.6 is 0 Å². The Kier molecular flexibility index (Phi) is 3.49. The van der Waals surface area contributed by atoms with E-state index in [2.05, 4.69) is 10.3 Å². The fourth-order valence-corrected chi connectivity index (χ4v) is 1.79. The Labute approximate surface area is 101 Å². The Balaban J connectivity index is 2.37. The summed E-state index contributed by atoms with van der Waals surface area (Å²) in [6.07, 6.45) is 1.74. The molecule has 0 aliphatic carbocycles. The fourth-order valence-electron chi connectivity index (χ4n) is 1.79. The van der Waals surface area contributed by atoms with Crippen LogP contribution in [0.2, 0.25) is 0 Å². The maximum atomic E-state index is 13.8. The van der Waals surface area contributed by atoms with Crippen LogP contribution in [0.25, 0.3) is 11.1 Å². The highest BCUT2D eigenvalue weighted by Gasteiger charge is 2.04. The SMILES string of the molecule is CNCc1ccc(-c2ccnc(C)c2)cc1F. The van der Waals surface area contributed by atoms with Gasteiger partial charge in [-0.3, -0.25) is 4.98 Å². The van der Waals surface area contributed by atoms with E-state index in [9.17, 15) is 4.39 Å². The highest BCUT2D eigenvalue weighted by molar-refractivity contribution is 5.63. The molecule has 0 unspecified atom stereocenters. The summed E-state index contributed by atoms with van der Waals surface area (Å²) in [6, 6.07) is 9.16. The van der Waals surface area contributed by atoms with Crippen LogP contribution < -0.4 is 5.32 Å². The van der Waals surface area contributed by atoms with Crippen molar-refractivity contribution < 1.29 is 4.39 Å². The standard InChI is InChI=1S/C14H15FN2/c1-10-7-12(5-6-17-10)11-3-4-13(9-16-2)14(15)8-11/h3-8,16H,9H2,1-2H3. The molecular weight excluding hydrogens is 215 g/mol. The van der Waals surface area contributed by atoms with Gasteiger partial charge in [0.25, 0.3) is 0 Å². The molecule has 17 heavy (non-hydrogen) atoms. The number of hydrogen-bond acceptors (Lipinski definition) is 2. The maximum absolute atomic E-state index is 13.8. The van der Waals surface area contributed by atoms with Crippen molar-refractivity contribution >= 4 is 0 Å². The number of rotatable bonds is 3. The first-order valence-corrected chi connectivity index (χ1v) is 5.57. The fraction of sp³-hybridized carbons (Fsp3) is 0.214. The molecule has 2 nitrogen and oxygen atoms in total. The summed E-state index contributed by atoms with van der Waals surface area (Å²) >= 11 is 0. The van der Waals surface area contributed by atoms with E-state index in [1.165, 1.54) is 0 Å². The van der Waals surface area contributed by atoms with Gasteiger partial charge in [0.15, 0.2) is 0 Å². The monoisotopic (exact) mass is 230 g/mol. The first-order valence-electron chi connectivity index (χ1n) is 5.57. The van der Waals surface area contributed by atoms with Crippen molar-refractivity contribution in [3.63, 3.8) is 0 Å². The van der Waals surface area contributed by atoms with Gasteiger partial charge in [0, 0.05) is 24.0 Å². The number of hydrogen-bond donors (Lipinski definition) is 1. The van der Waals surface area contributed by atoms with Crippen LogP contribution in [0.15, 0.2) is 36.5 Å². The molecule has 0 bridgehead atoms. The normalized spacial score (nSPS) is 10.5. The minimum atomic E-state index is -0.175.